The fourth-order valence-electron chi connectivity index (χ4n) is 2.06. The highest BCUT2D eigenvalue weighted by Gasteiger charge is 2.14. The quantitative estimate of drug-likeness (QED) is 0.679. The van der Waals surface area contributed by atoms with Crippen LogP contribution in [0.5, 0.6) is 5.75 Å². The summed E-state index contributed by atoms with van der Waals surface area (Å²) in [6.07, 6.45) is 0.810. The van der Waals surface area contributed by atoms with Gasteiger partial charge in [0.2, 0.25) is 0 Å². The number of benzene rings is 1. The molecule has 0 bridgehead atoms. The van der Waals surface area contributed by atoms with Crippen LogP contribution in [-0.2, 0) is 19.7 Å². The van der Waals surface area contributed by atoms with Crippen LogP contribution in [0.15, 0.2) is 24.3 Å². The summed E-state index contributed by atoms with van der Waals surface area (Å²) in [7, 11) is 0. The topological polar surface area (TPSA) is 93.7 Å². The number of hydrogen-bond acceptors (Lipinski definition) is 5. The van der Waals surface area contributed by atoms with Crippen LogP contribution in [-0.4, -0.2) is 37.7 Å². The van der Waals surface area contributed by atoms with Gasteiger partial charge in [0.1, 0.15) is 5.75 Å². The van der Waals surface area contributed by atoms with Gasteiger partial charge in [0, 0.05) is 6.54 Å². The number of esters is 1. The molecule has 0 saturated carbocycles. The Hall–Kier alpha value is -2.57. The van der Waals surface area contributed by atoms with Crippen LogP contribution in [0, 0.1) is 5.92 Å². The van der Waals surface area contributed by atoms with Gasteiger partial charge in [-0.05, 0) is 35.4 Å². The molecule has 0 aliphatic rings. The number of nitrogens with one attached hydrogen (secondary N) is 2. The molecule has 0 aliphatic heterocycles. The van der Waals surface area contributed by atoms with Crippen LogP contribution in [0.25, 0.3) is 0 Å². The molecule has 3 amide bonds. The molecule has 0 aromatic heterocycles. The number of carbonyl (C=O) groups excluding carboxylic acids is 3. The van der Waals surface area contributed by atoms with E-state index >= 15 is 0 Å². The van der Waals surface area contributed by atoms with Gasteiger partial charge in [-0.1, -0.05) is 46.8 Å². The van der Waals surface area contributed by atoms with Crippen molar-refractivity contribution in [1.29, 1.82) is 0 Å². The van der Waals surface area contributed by atoms with Crippen LogP contribution < -0.4 is 15.4 Å². The minimum atomic E-state index is -0.695. The molecule has 0 unspecified atom stereocenters. The van der Waals surface area contributed by atoms with Gasteiger partial charge >= 0.3 is 12.0 Å². The number of rotatable bonds is 8. The molecular formula is C20H30N2O5. The van der Waals surface area contributed by atoms with Gasteiger partial charge in [-0.3, -0.25) is 10.1 Å². The molecule has 1 rings (SSSR count). The second-order valence-electron chi connectivity index (χ2n) is 7.71. The summed E-state index contributed by atoms with van der Waals surface area (Å²) in [4.78, 5) is 34.7. The van der Waals surface area contributed by atoms with Crippen LogP contribution in [0.3, 0.4) is 0 Å². The normalized spacial score (nSPS) is 11.0. The third kappa shape index (κ3) is 9.63. The molecule has 0 spiro atoms. The Bertz CT molecular complexity index is 633. The Kier molecular flexibility index (Phi) is 8.78. The van der Waals surface area contributed by atoms with Gasteiger partial charge in [-0.25, -0.2) is 9.59 Å². The largest absolute Gasteiger partial charge is 0.482 e. The maximum absolute atomic E-state index is 11.7. The predicted octanol–water partition coefficient (Wildman–Crippen LogP) is 2.78. The van der Waals surface area contributed by atoms with Gasteiger partial charge in [0.05, 0.1) is 0 Å². The average Bonchev–Trinajstić information content (AvgIpc) is 2.57. The van der Waals surface area contributed by atoms with Gasteiger partial charge in [-0.2, -0.15) is 0 Å². The number of imide groups is 1. The van der Waals surface area contributed by atoms with Gasteiger partial charge in [-0.15, -0.1) is 0 Å². The minimum Gasteiger partial charge on any atom is -0.482 e. The molecule has 0 radical (unpaired) electrons. The van der Waals surface area contributed by atoms with E-state index in [2.05, 4.69) is 31.4 Å². The first-order valence-electron chi connectivity index (χ1n) is 9.04. The van der Waals surface area contributed by atoms with Crippen molar-refractivity contribution in [1.82, 2.24) is 10.6 Å². The Morgan fingerprint density at radius 3 is 2.22 bits per heavy atom. The van der Waals surface area contributed by atoms with E-state index in [-0.39, 0.29) is 12.0 Å². The van der Waals surface area contributed by atoms with Gasteiger partial charge < -0.3 is 14.8 Å². The van der Waals surface area contributed by atoms with Crippen molar-refractivity contribution < 1.29 is 23.9 Å². The smallest absolute Gasteiger partial charge is 0.344 e. The lowest BCUT2D eigenvalue weighted by Gasteiger charge is -2.19. The van der Waals surface area contributed by atoms with E-state index in [0.717, 1.165) is 12.0 Å². The maximum Gasteiger partial charge on any atom is 0.344 e. The van der Waals surface area contributed by atoms with Crippen molar-refractivity contribution >= 4 is 17.9 Å². The molecule has 1 aromatic rings. The van der Waals surface area contributed by atoms with Crippen molar-refractivity contribution in [3.63, 3.8) is 0 Å². The third-order valence-corrected chi connectivity index (χ3v) is 3.70. The molecule has 150 valence electrons. The van der Waals surface area contributed by atoms with E-state index in [1.165, 1.54) is 0 Å². The molecule has 0 atom stereocenters. The third-order valence-electron chi connectivity index (χ3n) is 3.70. The first-order chi connectivity index (χ1) is 12.6. The lowest BCUT2D eigenvalue weighted by molar-refractivity contribution is -0.150. The number of urea groups is 1. The zero-order valence-electron chi connectivity index (χ0n) is 16.8. The van der Waals surface area contributed by atoms with Crippen molar-refractivity contribution in [2.75, 3.05) is 19.8 Å². The van der Waals surface area contributed by atoms with Crippen molar-refractivity contribution in [3.8, 4) is 5.75 Å². The number of amides is 3. The molecule has 0 aliphatic carbocycles. The molecule has 1 aromatic carbocycles. The first kappa shape index (κ1) is 22.5. The molecule has 0 saturated heterocycles. The number of hydrogen-bond donors (Lipinski definition) is 2. The Morgan fingerprint density at radius 1 is 1.04 bits per heavy atom. The molecule has 0 heterocycles. The summed E-state index contributed by atoms with van der Waals surface area (Å²) < 4.78 is 10.1. The Morgan fingerprint density at radius 2 is 1.67 bits per heavy atom. The van der Waals surface area contributed by atoms with Crippen LogP contribution in [0.1, 0.15) is 46.6 Å². The van der Waals surface area contributed by atoms with Crippen LogP contribution in [0.2, 0.25) is 0 Å². The van der Waals surface area contributed by atoms with Crippen molar-refractivity contribution in [3.05, 3.63) is 29.8 Å². The Balaban J connectivity index is 2.26. The summed E-state index contributed by atoms with van der Waals surface area (Å²) in [5, 5.41) is 4.65. The second-order valence-corrected chi connectivity index (χ2v) is 7.71. The van der Waals surface area contributed by atoms with E-state index in [0.29, 0.717) is 18.2 Å². The summed E-state index contributed by atoms with van der Waals surface area (Å²) in [6.45, 7) is 10.0. The van der Waals surface area contributed by atoms with Gasteiger partial charge in [0.25, 0.3) is 5.91 Å². The Labute approximate surface area is 160 Å². The van der Waals surface area contributed by atoms with E-state index in [9.17, 15) is 14.4 Å². The molecule has 27 heavy (non-hydrogen) atoms. The summed E-state index contributed by atoms with van der Waals surface area (Å²) in [5.74, 6) is -0.397. The van der Waals surface area contributed by atoms with E-state index in [1.807, 2.05) is 26.0 Å². The highest BCUT2D eigenvalue weighted by molar-refractivity contribution is 5.95. The standard InChI is InChI=1S/C20H30N2O5/c1-14(2)10-11-21-19(25)22-17(23)12-27-18(24)13-26-16-8-6-15(7-9-16)20(3,4)5/h6-9,14H,10-13H2,1-5H3,(H2,21,22,23,25). The molecule has 0 fully saturated rings. The predicted molar refractivity (Wildman–Crippen MR) is 103 cm³/mol. The molecular weight excluding hydrogens is 348 g/mol. The molecule has 7 heteroatoms. The fourth-order valence-corrected chi connectivity index (χ4v) is 2.06. The van der Waals surface area contributed by atoms with Gasteiger partial charge in [0.15, 0.2) is 13.2 Å². The van der Waals surface area contributed by atoms with E-state index in [1.54, 1.807) is 12.1 Å². The first-order valence-corrected chi connectivity index (χ1v) is 9.04. The zero-order chi connectivity index (χ0) is 20.4. The lowest BCUT2D eigenvalue weighted by Crippen LogP contribution is -2.42. The van der Waals surface area contributed by atoms with Crippen molar-refractivity contribution in [2.24, 2.45) is 5.92 Å². The SMILES string of the molecule is CC(C)CCNC(=O)NC(=O)COC(=O)COc1ccc(C(C)(C)C)cc1. The van der Waals surface area contributed by atoms with E-state index in [4.69, 9.17) is 9.47 Å². The number of carbonyl (C=O) groups is 3. The van der Waals surface area contributed by atoms with Crippen LogP contribution in [0.4, 0.5) is 4.79 Å². The average molecular weight is 378 g/mol. The van der Waals surface area contributed by atoms with E-state index < -0.39 is 24.5 Å². The highest BCUT2D eigenvalue weighted by Crippen LogP contribution is 2.24. The maximum atomic E-state index is 11.7. The highest BCUT2D eigenvalue weighted by atomic mass is 16.6. The fraction of sp³-hybridized carbons (Fsp3) is 0.550. The van der Waals surface area contributed by atoms with Crippen molar-refractivity contribution in [2.45, 2.75) is 46.5 Å². The summed E-state index contributed by atoms with van der Waals surface area (Å²) in [5.41, 5.74) is 1.19. The zero-order valence-corrected chi connectivity index (χ0v) is 16.8. The second kappa shape index (κ2) is 10.5. The van der Waals surface area contributed by atoms with Crippen LogP contribution >= 0.6 is 0 Å². The molecule has 7 nitrogen and oxygen atoms in total. The lowest BCUT2D eigenvalue weighted by atomic mass is 9.87. The summed E-state index contributed by atoms with van der Waals surface area (Å²) in [6, 6.07) is 6.83. The minimum absolute atomic E-state index is 0.0336. The number of ether oxygens (including phenoxy) is 2. The monoisotopic (exact) mass is 378 g/mol. The summed E-state index contributed by atoms with van der Waals surface area (Å²) >= 11 is 0. The molecule has 2 N–H and O–H groups in total.